The number of aromatic nitrogens is 2. The van der Waals surface area contributed by atoms with Crippen LogP contribution in [0, 0.1) is 0 Å². The SMILES string of the molecule is [2H]c1c([2H])c([2H])c(-c2cc3c4c(c2)-n2c5cc6c7ccccc7n(-c7ccccc7)c6cc5c5cccc(c52)B4c2sc4ccc(C(C)(C)C)cc4c2N3c2ccc(C(C)(C)C)cc2)c([2H])c1[2H]. The van der Waals surface area contributed by atoms with Crippen molar-refractivity contribution in [1.29, 1.82) is 0 Å². The van der Waals surface area contributed by atoms with Crippen LogP contribution in [0.5, 0.6) is 0 Å². The topological polar surface area (TPSA) is 13.1 Å². The number of rotatable bonds is 3. The molecule has 0 atom stereocenters. The van der Waals surface area contributed by atoms with Gasteiger partial charge in [-0.25, -0.2) is 0 Å². The van der Waals surface area contributed by atoms with Crippen LogP contribution in [0.4, 0.5) is 17.1 Å². The molecule has 5 heteroatoms. The van der Waals surface area contributed by atoms with Crippen molar-refractivity contribution in [3.05, 3.63) is 181 Å². The van der Waals surface area contributed by atoms with Gasteiger partial charge in [0.05, 0.1) is 29.1 Å². The van der Waals surface area contributed by atoms with Crippen molar-refractivity contribution in [2.75, 3.05) is 4.90 Å². The number of hydrogen-bond acceptors (Lipinski definition) is 2. The van der Waals surface area contributed by atoms with E-state index in [2.05, 4.69) is 195 Å². The zero-order valence-corrected chi connectivity index (χ0v) is 36.9. The Kier molecular flexibility index (Phi) is 6.53. The van der Waals surface area contributed by atoms with Gasteiger partial charge in [0.1, 0.15) is 0 Å². The molecule has 0 unspecified atom stereocenters. The molecular weight excluding hydrogens is 782 g/mol. The monoisotopic (exact) mass is 832 g/mol. The van der Waals surface area contributed by atoms with Crippen LogP contribution in [-0.2, 0) is 10.8 Å². The number of thiophene rings is 1. The van der Waals surface area contributed by atoms with Crippen LogP contribution >= 0.6 is 11.3 Å². The van der Waals surface area contributed by atoms with Gasteiger partial charge in [-0.2, -0.15) is 0 Å². The van der Waals surface area contributed by atoms with Crippen molar-refractivity contribution in [3.63, 3.8) is 0 Å². The Hall–Kier alpha value is -6.82. The molecule has 0 bridgehead atoms. The van der Waals surface area contributed by atoms with Crippen molar-refractivity contribution in [3.8, 4) is 22.5 Å². The van der Waals surface area contributed by atoms with E-state index in [4.69, 9.17) is 4.11 Å². The van der Waals surface area contributed by atoms with Crippen LogP contribution in [-0.4, -0.2) is 15.8 Å². The van der Waals surface area contributed by atoms with Gasteiger partial charge in [-0.1, -0.05) is 145 Å². The van der Waals surface area contributed by atoms with Crippen LogP contribution in [0.2, 0.25) is 0 Å². The summed E-state index contributed by atoms with van der Waals surface area (Å²) in [5.74, 6) is 0. The van der Waals surface area contributed by atoms with E-state index >= 15 is 0 Å². The van der Waals surface area contributed by atoms with E-state index in [1.54, 1.807) is 0 Å². The number of benzene rings is 8. The van der Waals surface area contributed by atoms with Crippen LogP contribution in [0.25, 0.3) is 76.2 Å². The average Bonchev–Trinajstić information content (AvgIpc) is 3.98. The third-order valence-electron chi connectivity index (χ3n) is 13.7. The average molecular weight is 833 g/mol. The smallest absolute Gasteiger partial charge is 0.264 e. The standard InChI is InChI=1S/C58H46BN3S/c1-57(2,3)37-24-27-40(28-25-37)61-50-30-36(35-16-9-7-10-17-35)31-51-53(50)59(56-55(61)45-32-38(58(4,5)6)26-29-52(45)63-56)46-22-15-21-42-44-34-48-43(33-49(44)62(51)54(42)46)41-20-13-14-23-47(41)60(48)39-18-11-8-12-19-39/h7-34H,1-6H3/i7D,9D,10D,16D,17D. The van der Waals surface area contributed by atoms with Gasteiger partial charge in [0.2, 0.25) is 0 Å². The van der Waals surface area contributed by atoms with Crippen LogP contribution in [0.15, 0.2) is 170 Å². The second-order valence-electron chi connectivity index (χ2n) is 19.4. The predicted molar refractivity (Wildman–Crippen MR) is 273 cm³/mol. The predicted octanol–water partition coefficient (Wildman–Crippen LogP) is 14.0. The van der Waals surface area contributed by atoms with E-state index < -0.39 is 6.04 Å². The Labute approximate surface area is 379 Å². The summed E-state index contributed by atoms with van der Waals surface area (Å²) >= 11 is 1.86. The van der Waals surface area contributed by atoms with Gasteiger partial charge in [0.25, 0.3) is 6.71 Å². The second kappa shape index (κ2) is 12.9. The first kappa shape index (κ1) is 31.9. The highest BCUT2D eigenvalue weighted by Gasteiger charge is 2.44. The Bertz CT molecular complexity index is 3970. The highest BCUT2D eigenvalue weighted by Crippen LogP contribution is 2.49. The van der Waals surface area contributed by atoms with Gasteiger partial charge in [-0.3, -0.25) is 0 Å². The molecule has 8 aromatic carbocycles. The molecule has 2 aliphatic rings. The lowest BCUT2D eigenvalue weighted by Gasteiger charge is -2.39. The normalized spacial score (nSPS) is 14.6. The van der Waals surface area contributed by atoms with E-state index in [9.17, 15) is 2.74 Å². The zero-order valence-electron chi connectivity index (χ0n) is 41.1. The summed E-state index contributed by atoms with van der Waals surface area (Å²) in [6, 6.07) is 49.2. The summed E-state index contributed by atoms with van der Waals surface area (Å²) in [4.78, 5) is 2.41. The first-order valence-corrected chi connectivity index (χ1v) is 22.7. The molecule has 0 saturated carbocycles. The van der Waals surface area contributed by atoms with Gasteiger partial charge in [0, 0.05) is 64.7 Å². The van der Waals surface area contributed by atoms with Gasteiger partial charge < -0.3 is 14.0 Å². The molecule has 0 saturated heterocycles. The number of para-hydroxylation sites is 3. The molecule has 302 valence electrons. The van der Waals surface area contributed by atoms with Crippen molar-refractivity contribution in [2.24, 2.45) is 0 Å². The lowest BCUT2D eigenvalue weighted by Crippen LogP contribution is -2.59. The summed E-state index contributed by atoms with van der Waals surface area (Å²) in [6.07, 6.45) is 0. The van der Waals surface area contributed by atoms with Gasteiger partial charge in [0.15, 0.2) is 0 Å². The van der Waals surface area contributed by atoms with E-state index in [1.807, 2.05) is 11.3 Å². The fraction of sp³-hybridized carbons (Fsp3) is 0.138. The van der Waals surface area contributed by atoms with Crippen LogP contribution in [0.3, 0.4) is 0 Å². The third kappa shape index (κ3) is 5.20. The fourth-order valence-corrected chi connectivity index (χ4v) is 11.9. The minimum absolute atomic E-state index is 0.0587. The first-order chi connectivity index (χ1) is 32.6. The Morgan fingerprint density at radius 2 is 1.17 bits per heavy atom. The van der Waals surface area contributed by atoms with E-state index in [1.165, 1.54) is 31.5 Å². The summed E-state index contributed by atoms with van der Waals surface area (Å²) in [6.45, 7) is 13.3. The molecule has 0 fully saturated rings. The molecule has 13 rings (SSSR count). The molecule has 0 N–H and O–H groups in total. The van der Waals surface area contributed by atoms with Crippen molar-refractivity contribution in [2.45, 2.75) is 52.4 Å². The van der Waals surface area contributed by atoms with Crippen molar-refractivity contribution >= 4 is 105 Å². The molecule has 11 aromatic rings. The Balaban J connectivity index is 1.21. The molecule has 0 spiro atoms. The molecule has 5 heterocycles. The molecule has 0 amide bonds. The fourth-order valence-electron chi connectivity index (χ4n) is 10.6. The van der Waals surface area contributed by atoms with Gasteiger partial charge in [-0.05, 0) is 111 Å². The Morgan fingerprint density at radius 3 is 1.94 bits per heavy atom. The number of hydrogen-bond donors (Lipinski definition) is 0. The van der Waals surface area contributed by atoms with E-state index in [-0.39, 0.29) is 47.3 Å². The summed E-state index contributed by atoms with van der Waals surface area (Å²) < 4.78 is 52.2. The lowest BCUT2D eigenvalue weighted by atomic mass is 9.36. The lowest BCUT2D eigenvalue weighted by molar-refractivity contribution is 0.590. The molecule has 3 nitrogen and oxygen atoms in total. The number of nitrogens with zero attached hydrogens (tertiary/aromatic N) is 3. The maximum atomic E-state index is 9.35. The number of fused-ring (bicyclic) bond motifs is 12. The molecule has 0 aliphatic carbocycles. The summed E-state index contributed by atoms with van der Waals surface area (Å²) in [7, 11) is 0. The zero-order chi connectivity index (χ0) is 46.9. The molecule has 2 aliphatic heterocycles. The highest BCUT2D eigenvalue weighted by molar-refractivity contribution is 7.33. The second-order valence-corrected chi connectivity index (χ2v) is 20.5. The molecular formula is C58H46BN3S. The van der Waals surface area contributed by atoms with Gasteiger partial charge >= 0.3 is 0 Å². The quantitative estimate of drug-likeness (QED) is 0.162. The highest BCUT2D eigenvalue weighted by atomic mass is 32.1. The first-order valence-electron chi connectivity index (χ1n) is 24.4. The van der Waals surface area contributed by atoms with Crippen molar-refractivity contribution in [1.82, 2.24) is 9.13 Å². The molecule has 3 aromatic heterocycles. The Morgan fingerprint density at radius 1 is 0.508 bits per heavy atom. The maximum Gasteiger partial charge on any atom is 0.264 e. The summed E-state index contributed by atoms with van der Waals surface area (Å²) in [5.41, 5.74) is 14.9. The van der Waals surface area contributed by atoms with Crippen LogP contribution in [0.1, 0.15) is 59.5 Å². The third-order valence-corrected chi connectivity index (χ3v) is 14.9. The number of anilines is 3. The molecule has 63 heavy (non-hydrogen) atoms. The van der Waals surface area contributed by atoms with Crippen molar-refractivity contribution < 1.29 is 6.85 Å². The van der Waals surface area contributed by atoms with Gasteiger partial charge in [-0.15, -0.1) is 11.3 Å². The van der Waals surface area contributed by atoms with Crippen LogP contribution < -0.4 is 20.6 Å². The molecule has 0 radical (unpaired) electrons. The maximum absolute atomic E-state index is 9.35. The minimum Gasteiger partial charge on any atom is -0.310 e. The minimum atomic E-state index is -0.404. The largest absolute Gasteiger partial charge is 0.310 e. The van der Waals surface area contributed by atoms with E-state index in [0.29, 0.717) is 5.56 Å². The summed E-state index contributed by atoms with van der Waals surface area (Å²) in [5, 5.41) is 5.73. The van der Waals surface area contributed by atoms with E-state index in [0.717, 1.165) is 77.5 Å².